The predicted molar refractivity (Wildman–Crippen MR) is 69.3 cm³/mol. The zero-order valence-electron chi connectivity index (χ0n) is 9.94. The molecule has 0 aliphatic heterocycles. The molecule has 0 aliphatic carbocycles. The number of nitrogens with zero attached hydrogens (tertiary/aromatic N) is 1. The Morgan fingerprint density at radius 1 is 1.67 bits per heavy atom. The summed E-state index contributed by atoms with van der Waals surface area (Å²) in [5.74, 6) is -0.237. The van der Waals surface area contributed by atoms with Crippen molar-refractivity contribution in [2.24, 2.45) is 5.73 Å². The fourth-order valence-electron chi connectivity index (χ4n) is 1.36. The topological polar surface area (TPSA) is 88.1 Å². The van der Waals surface area contributed by atoms with Gasteiger partial charge in [0, 0.05) is 13.7 Å². The van der Waals surface area contributed by atoms with Crippen molar-refractivity contribution in [1.82, 2.24) is 0 Å². The number of benzene rings is 1. The van der Waals surface area contributed by atoms with Gasteiger partial charge in [-0.3, -0.25) is 4.79 Å². The normalized spacial score (nSPS) is 11.7. The number of carbonyl (C=O) groups is 1. The fourth-order valence-corrected chi connectivity index (χ4v) is 1.58. The van der Waals surface area contributed by atoms with E-state index in [1.54, 1.807) is 12.1 Å². The number of halogens is 1. The minimum atomic E-state index is -0.317. The third-order valence-electron chi connectivity index (χ3n) is 2.38. The van der Waals surface area contributed by atoms with Crippen LogP contribution in [0.5, 0.6) is 0 Å². The van der Waals surface area contributed by atoms with Crippen LogP contribution in [0.25, 0.3) is 0 Å². The van der Waals surface area contributed by atoms with Gasteiger partial charge in [-0.1, -0.05) is 11.6 Å². The highest BCUT2D eigenvalue weighted by atomic mass is 35.5. The third-order valence-corrected chi connectivity index (χ3v) is 2.69. The van der Waals surface area contributed by atoms with Gasteiger partial charge in [-0.15, -0.1) is 0 Å². The van der Waals surface area contributed by atoms with Crippen LogP contribution in [0.3, 0.4) is 0 Å². The van der Waals surface area contributed by atoms with Crippen LogP contribution in [0.15, 0.2) is 18.2 Å². The number of amides is 1. The molecule has 3 N–H and O–H groups in total. The first-order chi connectivity index (χ1) is 8.60. The van der Waals surface area contributed by atoms with Crippen molar-refractivity contribution in [3.8, 4) is 6.07 Å². The van der Waals surface area contributed by atoms with Gasteiger partial charge in [0.05, 0.1) is 34.9 Å². The molecule has 0 heterocycles. The summed E-state index contributed by atoms with van der Waals surface area (Å²) >= 11 is 5.93. The van der Waals surface area contributed by atoms with Crippen molar-refractivity contribution in [3.05, 3.63) is 28.8 Å². The van der Waals surface area contributed by atoms with E-state index in [4.69, 9.17) is 27.3 Å². The second-order valence-corrected chi connectivity index (χ2v) is 4.06. The first kappa shape index (κ1) is 14.5. The van der Waals surface area contributed by atoms with Gasteiger partial charge in [-0.25, -0.2) is 0 Å². The summed E-state index contributed by atoms with van der Waals surface area (Å²) in [5.41, 5.74) is 6.33. The van der Waals surface area contributed by atoms with E-state index < -0.39 is 0 Å². The zero-order chi connectivity index (χ0) is 13.5. The fraction of sp³-hybridized carbons (Fsp3) is 0.333. The number of nitriles is 1. The van der Waals surface area contributed by atoms with Gasteiger partial charge in [0.25, 0.3) is 0 Å². The van der Waals surface area contributed by atoms with E-state index in [1.807, 2.05) is 6.07 Å². The first-order valence-corrected chi connectivity index (χ1v) is 5.70. The van der Waals surface area contributed by atoms with Crippen LogP contribution < -0.4 is 11.1 Å². The van der Waals surface area contributed by atoms with Crippen LogP contribution in [-0.2, 0) is 9.53 Å². The highest BCUT2D eigenvalue weighted by Crippen LogP contribution is 2.23. The number of anilines is 1. The number of hydrogen-bond donors (Lipinski definition) is 2. The molecule has 0 aromatic heterocycles. The lowest BCUT2D eigenvalue weighted by Gasteiger charge is -2.13. The maximum Gasteiger partial charge on any atom is 0.227 e. The molecular weight excluding hydrogens is 254 g/mol. The van der Waals surface area contributed by atoms with E-state index in [2.05, 4.69) is 5.32 Å². The largest absolute Gasteiger partial charge is 0.380 e. The van der Waals surface area contributed by atoms with Crippen LogP contribution >= 0.6 is 11.6 Å². The van der Waals surface area contributed by atoms with E-state index in [-0.39, 0.29) is 25.0 Å². The highest BCUT2D eigenvalue weighted by Gasteiger charge is 2.12. The second kappa shape index (κ2) is 6.97. The van der Waals surface area contributed by atoms with E-state index in [1.165, 1.54) is 13.2 Å². The lowest BCUT2D eigenvalue weighted by Crippen LogP contribution is -2.28. The number of carbonyl (C=O) groups excluding carboxylic acids is 1. The predicted octanol–water partition coefficient (Wildman–Crippen LogP) is 1.51. The van der Waals surface area contributed by atoms with Crippen LogP contribution in [0.2, 0.25) is 5.02 Å². The third kappa shape index (κ3) is 4.00. The maximum atomic E-state index is 11.7. The molecule has 0 aliphatic rings. The van der Waals surface area contributed by atoms with Gasteiger partial charge in [0.1, 0.15) is 0 Å². The summed E-state index contributed by atoms with van der Waals surface area (Å²) in [7, 11) is 1.50. The van der Waals surface area contributed by atoms with Gasteiger partial charge in [0.15, 0.2) is 0 Å². The Morgan fingerprint density at radius 3 is 2.89 bits per heavy atom. The Bertz CT molecular complexity index is 467. The summed E-state index contributed by atoms with van der Waals surface area (Å²) in [6, 6.07) is 6.63. The molecular formula is C12H14ClN3O2. The van der Waals surface area contributed by atoms with Crippen molar-refractivity contribution in [2.75, 3.05) is 19.0 Å². The summed E-state index contributed by atoms with van der Waals surface area (Å²) in [5, 5.41) is 11.7. The molecule has 0 saturated carbocycles. The summed E-state index contributed by atoms with van der Waals surface area (Å²) in [6.07, 6.45) is -0.161. The van der Waals surface area contributed by atoms with Gasteiger partial charge in [-0.2, -0.15) is 5.26 Å². The van der Waals surface area contributed by atoms with Crippen LogP contribution in [0.4, 0.5) is 5.69 Å². The quantitative estimate of drug-likeness (QED) is 0.846. The van der Waals surface area contributed by atoms with Crippen LogP contribution in [-0.4, -0.2) is 25.7 Å². The number of methoxy groups -OCH3 is 1. The molecule has 6 heteroatoms. The van der Waals surface area contributed by atoms with Crippen molar-refractivity contribution >= 4 is 23.2 Å². The number of hydrogen-bond acceptors (Lipinski definition) is 4. The standard InChI is InChI=1S/C12H14ClN3O2/c1-18-9(7-15)5-12(17)16-11-3-2-8(6-14)4-10(11)13/h2-4,9H,5,7,15H2,1H3,(H,16,17). The van der Waals surface area contributed by atoms with Crippen LogP contribution in [0.1, 0.15) is 12.0 Å². The lowest BCUT2D eigenvalue weighted by molar-refractivity contribution is -0.118. The Hall–Kier alpha value is -1.61. The van der Waals surface area contributed by atoms with E-state index in [0.29, 0.717) is 16.3 Å². The lowest BCUT2D eigenvalue weighted by atomic mass is 10.2. The average Bonchev–Trinajstić information content (AvgIpc) is 2.38. The van der Waals surface area contributed by atoms with Crippen molar-refractivity contribution < 1.29 is 9.53 Å². The van der Waals surface area contributed by atoms with Gasteiger partial charge < -0.3 is 15.8 Å². The molecule has 5 nitrogen and oxygen atoms in total. The zero-order valence-corrected chi connectivity index (χ0v) is 10.7. The molecule has 96 valence electrons. The van der Waals surface area contributed by atoms with Crippen molar-refractivity contribution in [2.45, 2.75) is 12.5 Å². The average molecular weight is 268 g/mol. The maximum absolute atomic E-state index is 11.7. The summed E-state index contributed by atoms with van der Waals surface area (Å²) in [4.78, 5) is 11.7. The molecule has 1 rings (SSSR count). The Morgan fingerprint density at radius 2 is 2.39 bits per heavy atom. The molecule has 1 unspecified atom stereocenters. The molecule has 0 radical (unpaired) electrons. The highest BCUT2D eigenvalue weighted by molar-refractivity contribution is 6.33. The minimum absolute atomic E-state index is 0.156. The SMILES string of the molecule is COC(CN)CC(=O)Nc1ccc(C#N)cc1Cl. The number of nitrogens with one attached hydrogen (secondary N) is 1. The van der Waals surface area contributed by atoms with Crippen molar-refractivity contribution in [1.29, 1.82) is 5.26 Å². The Balaban J connectivity index is 2.68. The molecule has 1 amide bonds. The molecule has 0 fully saturated rings. The Labute approximate surface area is 110 Å². The van der Waals surface area contributed by atoms with E-state index in [0.717, 1.165) is 0 Å². The monoisotopic (exact) mass is 267 g/mol. The van der Waals surface area contributed by atoms with Gasteiger partial charge in [-0.05, 0) is 18.2 Å². The molecule has 1 aromatic rings. The molecule has 1 atom stereocenters. The summed E-state index contributed by atoms with van der Waals surface area (Å²) < 4.78 is 5.01. The molecule has 0 spiro atoms. The number of nitrogens with two attached hydrogens (primary N) is 1. The number of rotatable bonds is 5. The van der Waals surface area contributed by atoms with E-state index in [9.17, 15) is 4.79 Å². The van der Waals surface area contributed by atoms with E-state index >= 15 is 0 Å². The molecule has 0 saturated heterocycles. The number of ether oxygens (including phenoxy) is 1. The van der Waals surface area contributed by atoms with Crippen molar-refractivity contribution in [3.63, 3.8) is 0 Å². The smallest absolute Gasteiger partial charge is 0.227 e. The van der Waals surface area contributed by atoms with Gasteiger partial charge >= 0.3 is 0 Å². The first-order valence-electron chi connectivity index (χ1n) is 5.33. The second-order valence-electron chi connectivity index (χ2n) is 3.65. The van der Waals surface area contributed by atoms with Gasteiger partial charge in [0.2, 0.25) is 5.91 Å². The molecule has 18 heavy (non-hydrogen) atoms. The molecule has 1 aromatic carbocycles. The summed E-state index contributed by atoms with van der Waals surface area (Å²) in [6.45, 7) is 0.269. The molecule has 0 bridgehead atoms. The van der Waals surface area contributed by atoms with Crippen LogP contribution in [0, 0.1) is 11.3 Å². The Kier molecular flexibility index (Phi) is 5.59. The minimum Gasteiger partial charge on any atom is -0.380 e.